The zero-order chi connectivity index (χ0) is 31.4. The van der Waals surface area contributed by atoms with E-state index in [-0.39, 0.29) is 5.91 Å². The van der Waals surface area contributed by atoms with E-state index in [9.17, 15) is 4.79 Å². The smallest absolute Gasteiger partial charge is 0.247 e. The molecule has 230 valence electrons. The number of aryl methyl sites for hydroxylation is 2. The second kappa shape index (κ2) is 11.0. The van der Waals surface area contributed by atoms with Gasteiger partial charge < -0.3 is 29.7 Å². The molecular weight excluding hydrogens is 570 g/mol. The lowest BCUT2D eigenvalue weighted by molar-refractivity contribution is -0.111. The van der Waals surface area contributed by atoms with Crippen molar-refractivity contribution >= 4 is 39.8 Å². The second-order valence-electron chi connectivity index (χ2n) is 11.8. The minimum Gasteiger partial charge on any atom is -0.494 e. The van der Waals surface area contributed by atoms with E-state index < -0.39 is 0 Å². The quantitative estimate of drug-likeness (QED) is 0.240. The molecule has 45 heavy (non-hydrogen) atoms. The maximum atomic E-state index is 12.5. The minimum atomic E-state index is -0.299. The number of amides is 1. The Morgan fingerprint density at radius 1 is 1.11 bits per heavy atom. The lowest BCUT2D eigenvalue weighted by atomic mass is 10.1. The van der Waals surface area contributed by atoms with Crippen molar-refractivity contribution in [3.05, 3.63) is 61.4 Å². The van der Waals surface area contributed by atoms with Crippen LogP contribution >= 0.6 is 0 Å². The topological polar surface area (TPSA) is 131 Å². The predicted molar refractivity (Wildman–Crippen MR) is 174 cm³/mol. The third kappa shape index (κ3) is 5.04. The van der Waals surface area contributed by atoms with Gasteiger partial charge in [0.25, 0.3) is 0 Å². The molecule has 0 radical (unpaired) electrons. The third-order valence-corrected chi connectivity index (χ3v) is 8.86. The summed E-state index contributed by atoms with van der Waals surface area (Å²) in [5.74, 6) is 2.26. The van der Waals surface area contributed by atoms with Crippen molar-refractivity contribution in [3.8, 4) is 28.4 Å². The standard InChI is InChI=1S/C32H35N11O2/c1-7-28(44)34-23-12-24(27(45-6)13-26(23)42(4)30-21-15-40(2)16-22(21)30)35-32-33-14-19(31-37-39-43(5)38-31)29(36-32)20-17-41(3)25-11-9-8-10-18(20)25/h7-14,17,21-22,30H,1,15-16H2,2-6H3,(H,34,44)(H,33,35,36)/t21-,22+,30+. The molecule has 1 aliphatic heterocycles. The van der Waals surface area contributed by atoms with E-state index in [1.807, 2.05) is 37.5 Å². The number of hydrogen-bond donors (Lipinski definition) is 2. The number of carbonyl (C=O) groups is 1. The Morgan fingerprint density at radius 2 is 1.89 bits per heavy atom. The number of piperidine rings is 1. The number of methoxy groups -OCH3 is 1. The Labute approximate surface area is 260 Å². The van der Waals surface area contributed by atoms with Crippen molar-refractivity contribution in [1.82, 2.24) is 39.6 Å². The molecule has 13 nitrogen and oxygen atoms in total. The Morgan fingerprint density at radius 3 is 2.60 bits per heavy atom. The Kier molecular flexibility index (Phi) is 6.96. The molecule has 2 fully saturated rings. The van der Waals surface area contributed by atoms with Gasteiger partial charge in [0.1, 0.15) is 5.75 Å². The zero-order valence-corrected chi connectivity index (χ0v) is 25.9. The first-order valence-corrected chi connectivity index (χ1v) is 14.8. The monoisotopic (exact) mass is 605 g/mol. The molecule has 1 saturated heterocycles. The van der Waals surface area contributed by atoms with Gasteiger partial charge in [0.05, 0.1) is 42.5 Å². The molecule has 13 heteroatoms. The zero-order valence-electron chi connectivity index (χ0n) is 25.9. The molecule has 1 amide bonds. The van der Waals surface area contributed by atoms with Crippen molar-refractivity contribution in [2.75, 3.05) is 49.8 Å². The summed E-state index contributed by atoms with van der Waals surface area (Å²) in [6.07, 6.45) is 5.00. The molecule has 1 saturated carbocycles. The second-order valence-corrected chi connectivity index (χ2v) is 11.8. The number of ether oxygens (including phenoxy) is 1. The number of hydrogen-bond acceptors (Lipinski definition) is 10. The molecular formula is C32H35N11O2. The summed E-state index contributed by atoms with van der Waals surface area (Å²) in [6, 6.07) is 12.3. The number of nitrogens with one attached hydrogen (secondary N) is 2. The summed E-state index contributed by atoms with van der Waals surface area (Å²) in [4.78, 5) is 28.2. The number of benzene rings is 2. The highest BCUT2D eigenvalue weighted by Crippen LogP contribution is 2.51. The molecule has 0 spiro atoms. The number of rotatable bonds is 9. The van der Waals surface area contributed by atoms with Crippen LogP contribution in [0.15, 0.2) is 61.4 Å². The fourth-order valence-electron chi connectivity index (χ4n) is 6.71. The first-order valence-electron chi connectivity index (χ1n) is 14.8. The number of fused-ring (bicyclic) bond motifs is 2. The number of para-hydroxylation sites is 1. The van der Waals surface area contributed by atoms with E-state index in [1.165, 1.54) is 10.9 Å². The van der Waals surface area contributed by atoms with Gasteiger partial charge in [-0.05, 0) is 42.3 Å². The van der Waals surface area contributed by atoms with E-state index in [1.54, 1.807) is 20.4 Å². The number of nitrogens with zero attached hydrogens (tertiary/aromatic N) is 9. The molecule has 3 aromatic heterocycles. The number of tetrazole rings is 1. The van der Waals surface area contributed by atoms with Crippen LogP contribution in [0.4, 0.5) is 23.0 Å². The van der Waals surface area contributed by atoms with Gasteiger partial charge in [0.2, 0.25) is 17.7 Å². The molecule has 5 aromatic rings. The van der Waals surface area contributed by atoms with E-state index in [0.717, 1.165) is 35.2 Å². The summed E-state index contributed by atoms with van der Waals surface area (Å²) in [7, 11) is 9.58. The van der Waals surface area contributed by atoms with Crippen molar-refractivity contribution in [2.24, 2.45) is 25.9 Å². The summed E-state index contributed by atoms with van der Waals surface area (Å²) in [6.45, 7) is 5.79. The summed E-state index contributed by atoms with van der Waals surface area (Å²) in [5, 5.41) is 20.1. The van der Waals surface area contributed by atoms with Gasteiger partial charge in [-0.15, -0.1) is 10.2 Å². The highest BCUT2D eigenvalue weighted by molar-refractivity contribution is 6.02. The van der Waals surface area contributed by atoms with Gasteiger partial charge in [-0.1, -0.05) is 24.8 Å². The van der Waals surface area contributed by atoms with Crippen LogP contribution in [0.3, 0.4) is 0 Å². The summed E-state index contributed by atoms with van der Waals surface area (Å²) < 4.78 is 7.92. The fourth-order valence-corrected chi connectivity index (χ4v) is 6.71. The van der Waals surface area contributed by atoms with Crippen LogP contribution < -0.4 is 20.3 Å². The van der Waals surface area contributed by atoms with Crippen molar-refractivity contribution in [2.45, 2.75) is 6.04 Å². The van der Waals surface area contributed by atoms with Gasteiger partial charge in [0.15, 0.2) is 0 Å². The molecule has 0 bridgehead atoms. The van der Waals surface area contributed by atoms with Crippen LogP contribution in [0, 0.1) is 11.8 Å². The summed E-state index contributed by atoms with van der Waals surface area (Å²) >= 11 is 0. The highest BCUT2D eigenvalue weighted by Gasteiger charge is 2.57. The molecule has 2 N–H and O–H groups in total. The van der Waals surface area contributed by atoms with Crippen LogP contribution in [0.25, 0.3) is 33.5 Å². The van der Waals surface area contributed by atoms with Gasteiger partial charge in [-0.3, -0.25) is 4.79 Å². The van der Waals surface area contributed by atoms with Gasteiger partial charge in [-0.25, -0.2) is 9.97 Å². The van der Waals surface area contributed by atoms with Crippen LogP contribution in [0.2, 0.25) is 0 Å². The molecule has 4 heterocycles. The average Bonchev–Trinajstić information content (AvgIpc) is 3.34. The minimum absolute atomic E-state index is 0.299. The number of likely N-dealkylation sites (tertiary alicyclic amines) is 1. The van der Waals surface area contributed by atoms with E-state index in [4.69, 9.17) is 9.72 Å². The first kappa shape index (κ1) is 28.5. The Hall–Kier alpha value is -5.30. The Balaban J connectivity index is 1.30. The Bertz CT molecular complexity index is 1930. The van der Waals surface area contributed by atoms with Crippen LogP contribution in [0.5, 0.6) is 5.75 Å². The largest absolute Gasteiger partial charge is 0.494 e. The molecule has 2 aromatic carbocycles. The van der Waals surface area contributed by atoms with Crippen LogP contribution in [-0.4, -0.2) is 85.9 Å². The van der Waals surface area contributed by atoms with E-state index in [2.05, 4.69) is 78.2 Å². The molecule has 2 aliphatic rings. The normalized spacial score (nSPS) is 18.9. The predicted octanol–water partition coefficient (Wildman–Crippen LogP) is 3.70. The van der Waals surface area contributed by atoms with Gasteiger partial charge in [0, 0.05) is 68.2 Å². The average molecular weight is 606 g/mol. The molecule has 3 atom stereocenters. The van der Waals surface area contributed by atoms with Crippen molar-refractivity contribution in [1.29, 1.82) is 0 Å². The maximum absolute atomic E-state index is 12.5. The van der Waals surface area contributed by atoms with Gasteiger partial charge >= 0.3 is 0 Å². The fraction of sp³-hybridized carbons (Fsp3) is 0.312. The van der Waals surface area contributed by atoms with Crippen molar-refractivity contribution < 1.29 is 9.53 Å². The third-order valence-electron chi connectivity index (χ3n) is 8.86. The lowest BCUT2D eigenvalue weighted by Crippen LogP contribution is -2.31. The summed E-state index contributed by atoms with van der Waals surface area (Å²) in [5.41, 5.74) is 5.37. The van der Waals surface area contributed by atoms with E-state index >= 15 is 0 Å². The molecule has 0 unspecified atom stereocenters. The number of aromatic nitrogens is 7. The number of carbonyl (C=O) groups excluding carboxylic acids is 1. The highest BCUT2D eigenvalue weighted by atomic mass is 16.5. The first-order chi connectivity index (χ1) is 21.7. The van der Waals surface area contributed by atoms with Crippen LogP contribution in [0.1, 0.15) is 0 Å². The number of anilines is 4. The van der Waals surface area contributed by atoms with Crippen LogP contribution in [-0.2, 0) is 18.9 Å². The van der Waals surface area contributed by atoms with E-state index in [0.29, 0.717) is 58.0 Å². The molecule has 7 rings (SSSR count). The molecule has 1 aliphatic carbocycles. The maximum Gasteiger partial charge on any atom is 0.247 e. The SMILES string of the molecule is C=CC(=O)Nc1cc(Nc2ncc(-c3nnn(C)n3)c(-c3cn(C)c4ccccc34)n2)c(OC)cc1N(C)[C@H]1[C@@H]2CN(C)C[C@@H]21. The van der Waals surface area contributed by atoms with Crippen molar-refractivity contribution in [3.63, 3.8) is 0 Å². The van der Waals surface area contributed by atoms with Gasteiger partial charge in [-0.2, -0.15) is 4.80 Å². The lowest BCUT2D eigenvalue weighted by Gasteiger charge is -2.27.